The number of hydrogen-bond donors (Lipinski definition) is 2. The molecule has 0 aromatic carbocycles. The minimum Gasteiger partial charge on any atom is -0.356 e. The summed E-state index contributed by atoms with van der Waals surface area (Å²) in [6.07, 6.45) is 14.5. The van der Waals surface area contributed by atoms with E-state index in [9.17, 15) is 4.79 Å². The molecule has 20 heavy (non-hydrogen) atoms. The van der Waals surface area contributed by atoms with Crippen molar-refractivity contribution in [2.45, 2.75) is 77.6 Å². The van der Waals surface area contributed by atoms with Crippen LogP contribution < -0.4 is 10.6 Å². The lowest BCUT2D eigenvalue weighted by molar-refractivity contribution is -0.124. The summed E-state index contributed by atoms with van der Waals surface area (Å²) >= 11 is 0. The minimum atomic E-state index is 0.220. The summed E-state index contributed by atoms with van der Waals surface area (Å²) in [6, 6.07) is 0. The van der Waals surface area contributed by atoms with Crippen molar-refractivity contribution in [3.05, 3.63) is 0 Å². The van der Waals surface area contributed by atoms with Crippen LogP contribution >= 0.6 is 0 Å². The largest absolute Gasteiger partial charge is 0.356 e. The maximum atomic E-state index is 11.8. The van der Waals surface area contributed by atoms with E-state index in [1.54, 1.807) is 0 Å². The van der Waals surface area contributed by atoms with E-state index >= 15 is 0 Å². The smallest absolute Gasteiger partial charge is 0.224 e. The Hall–Kier alpha value is -0.570. The maximum absolute atomic E-state index is 11.8. The number of rotatable bonds is 12. The second kappa shape index (κ2) is 12.2. The number of nitrogens with one attached hydrogen (secondary N) is 2. The van der Waals surface area contributed by atoms with Gasteiger partial charge in [-0.15, -0.1) is 0 Å². The summed E-state index contributed by atoms with van der Waals surface area (Å²) in [5.74, 6) is 0.476. The fourth-order valence-corrected chi connectivity index (χ4v) is 2.85. The summed E-state index contributed by atoms with van der Waals surface area (Å²) in [4.78, 5) is 11.8. The molecule has 2 N–H and O–H groups in total. The van der Waals surface area contributed by atoms with Crippen LogP contribution in [0.4, 0.5) is 0 Å². The lowest BCUT2D eigenvalue weighted by atomic mass is 10.1. The molecule has 1 aliphatic rings. The fraction of sp³-hybridized carbons (Fsp3) is 0.941. The summed E-state index contributed by atoms with van der Waals surface area (Å²) in [5.41, 5.74) is 0. The van der Waals surface area contributed by atoms with Gasteiger partial charge in [-0.2, -0.15) is 0 Å². The predicted octanol–water partition coefficient (Wildman–Crippen LogP) is 3.63. The van der Waals surface area contributed by atoms with Crippen molar-refractivity contribution in [1.82, 2.24) is 10.6 Å². The third kappa shape index (κ3) is 8.57. The predicted molar refractivity (Wildman–Crippen MR) is 85.8 cm³/mol. The maximum Gasteiger partial charge on any atom is 0.224 e. The molecule has 1 unspecified atom stereocenters. The molecule has 1 saturated heterocycles. The van der Waals surface area contributed by atoms with Crippen LogP contribution in [0.25, 0.3) is 0 Å². The molecule has 0 aliphatic carbocycles. The number of carbonyl (C=O) groups excluding carboxylic acids is 1. The van der Waals surface area contributed by atoms with Gasteiger partial charge in [0.15, 0.2) is 0 Å². The molecule has 0 aromatic heterocycles. The summed E-state index contributed by atoms with van der Waals surface area (Å²) in [6.45, 7) is 4.99. The third-order valence-corrected chi connectivity index (χ3v) is 4.26. The van der Waals surface area contributed by atoms with Gasteiger partial charge in [-0.25, -0.2) is 0 Å². The van der Waals surface area contributed by atoms with E-state index in [0.717, 1.165) is 32.5 Å². The van der Waals surface area contributed by atoms with Crippen molar-refractivity contribution in [2.75, 3.05) is 19.6 Å². The van der Waals surface area contributed by atoms with E-state index in [0.29, 0.717) is 0 Å². The van der Waals surface area contributed by atoms with Gasteiger partial charge in [-0.05, 0) is 19.4 Å². The SMILES string of the molecule is CCCCCCCCCCCCNC(=O)C1CCNC1. The average molecular weight is 282 g/mol. The summed E-state index contributed by atoms with van der Waals surface area (Å²) in [5, 5.41) is 6.31. The van der Waals surface area contributed by atoms with Crippen molar-refractivity contribution < 1.29 is 4.79 Å². The zero-order valence-corrected chi connectivity index (χ0v) is 13.4. The zero-order chi connectivity index (χ0) is 14.5. The monoisotopic (exact) mass is 282 g/mol. The first-order valence-electron chi connectivity index (χ1n) is 8.83. The zero-order valence-electron chi connectivity index (χ0n) is 13.4. The Morgan fingerprint density at radius 1 is 1.00 bits per heavy atom. The molecule has 1 amide bonds. The van der Waals surface area contributed by atoms with Gasteiger partial charge in [0.25, 0.3) is 0 Å². The lowest BCUT2D eigenvalue weighted by Gasteiger charge is -2.09. The molecule has 0 bridgehead atoms. The highest BCUT2D eigenvalue weighted by molar-refractivity contribution is 5.79. The van der Waals surface area contributed by atoms with Gasteiger partial charge in [0.2, 0.25) is 5.91 Å². The molecule has 1 aliphatic heterocycles. The third-order valence-electron chi connectivity index (χ3n) is 4.26. The van der Waals surface area contributed by atoms with Crippen LogP contribution in [0.5, 0.6) is 0 Å². The quantitative estimate of drug-likeness (QED) is 0.537. The Morgan fingerprint density at radius 2 is 1.60 bits per heavy atom. The molecule has 0 spiro atoms. The molecule has 1 rings (SSSR count). The molecular formula is C17H34N2O. The van der Waals surface area contributed by atoms with Gasteiger partial charge in [0.05, 0.1) is 5.92 Å². The first kappa shape index (κ1) is 17.5. The molecule has 118 valence electrons. The Labute approximate surface area is 125 Å². The molecular weight excluding hydrogens is 248 g/mol. The van der Waals surface area contributed by atoms with Crippen LogP contribution in [0.1, 0.15) is 77.6 Å². The van der Waals surface area contributed by atoms with E-state index in [4.69, 9.17) is 0 Å². The number of hydrogen-bond acceptors (Lipinski definition) is 2. The van der Waals surface area contributed by atoms with Crippen LogP contribution in [0, 0.1) is 5.92 Å². The molecule has 0 saturated carbocycles. The Morgan fingerprint density at radius 3 is 2.15 bits per heavy atom. The van der Waals surface area contributed by atoms with Gasteiger partial charge in [-0.1, -0.05) is 64.7 Å². The lowest BCUT2D eigenvalue weighted by Crippen LogP contribution is -2.32. The van der Waals surface area contributed by atoms with E-state index < -0.39 is 0 Å². The second-order valence-electron chi connectivity index (χ2n) is 6.16. The standard InChI is InChI=1S/C17H34N2O/c1-2-3-4-5-6-7-8-9-10-11-13-19-17(20)16-12-14-18-15-16/h16,18H,2-15H2,1H3,(H,19,20). The summed E-state index contributed by atoms with van der Waals surface area (Å²) < 4.78 is 0. The Balaban J connectivity index is 1.77. The van der Waals surface area contributed by atoms with Gasteiger partial charge in [-0.3, -0.25) is 4.79 Å². The Kier molecular flexibility index (Phi) is 10.7. The van der Waals surface area contributed by atoms with Crippen LogP contribution in [0.3, 0.4) is 0 Å². The van der Waals surface area contributed by atoms with Gasteiger partial charge in [0.1, 0.15) is 0 Å². The molecule has 0 radical (unpaired) electrons. The molecule has 0 aromatic rings. The van der Waals surface area contributed by atoms with Crippen molar-refractivity contribution in [3.8, 4) is 0 Å². The molecule has 1 heterocycles. The van der Waals surface area contributed by atoms with E-state index in [-0.39, 0.29) is 11.8 Å². The number of amides is 1. The van der Waals surface area contributed by atoms with Crippen LogP contribution in [0.2, 0.25) is 0 Å². The molecule has 3 nitrogen and oxygen atoms in total. The molecule has 1 fully saturated rings. The molecule has 1 atom stereocenters. The van der Waals surface area contributed by atoms with Crippen molar-refractivity contribution in [3.63, 3.8) is 0 Å². The number of carbonyl (C=O) groups is 1. The van der Waals surface area contributed by atoms with Gasteiger partial charge < -0.3 is 10.6 Å². The highest BCUT2D eigenvalue weighted by Crippen LogP contribution is 2.10. The number of unbranched alkanes of at least 4 members (excludes halogenated alkanes) is 9. The van der Waals surface area contributed by atoms with Crippen LogP contribution in [0.15, 0.2) is 0 Å². The van der Waals surface area contributed by atoms with E-state index in [2.05, 4.69) is 17.6 Å². The topological polar surface area (TPSA) is 41.1 Å². The molecule has 3 heteroatoms. The van der Waals surface area contributed by atoms with Crippen LogP contribution in [-0.4, -0.2) is 25.5 Å². The van der Waals surface area contributed by atoms with Crippen molar-refractivity contribution in [1.29, 1.82) is 0 Å². The van der Waals surface area contributed by atoms with Crippen molar-refractivity contribution >= 4 is 5.91 Å². The van der Waals surface area contributed by atoms with Crippen molar-refractivity contribution in [2.24, 2.45) is 5.92 Å². The highest BCUT2D eigenvalue weighted by atomic mass is 16.1. The van der Waals surface area contributed by atoms with E-state index in [1.807, 2.05) is 0 Å². The Bertz CT molecular complexity index is 237. The average Bonchev–Trinajstić information content (AvgIpc) is 2.99. The normalized spacial score (nSPS) is 18.4. The first-order chi connectivity index (χ1) is 9.84. The van der Waals surface area contributed by atoms with Gasteiger partial charge in [0, 0.05) is 13.1 Å². The minimum absolute atomic E-state index is 0.220. The first-order valence-corrected chi connectivity index (χ1v) is 8.83. The summed E-state index contributed by atoms with van der Waals surface area (Å²) in [7, 11) is 0. The fourth-order valence-electron chi connectivity index (χ4n) is 2.85. The van der Waals surface area contributed by atoms with Gasteiger partial charge >= 0.3 is 0 Å². The highest BCUT2D eigenvalue weighted by Gasteiger charge is 2.21. The van der Waals surface area contributed by atoms with E-state index in [1.165, 1.54) is 57.8 Å². The van der Waals surface area contributed by atoms with Crippen LogP contribution in [-0.2, 0) is 4.79 Å². The second-order valence-corrected chi connectivity index (χ2v) is 6.16.